The third-order valence-corrected chi connectivity index (χ3v) is 4.12. The van der Waals surface area contributed by atoms with Crippen LogP contribution in [0.1, 0.15) is 18.3 Å². The second kappa shape index (κ2) is 10.0. The Morgan fingerprint density at radius 3 is 2.55 bits per heavy atom. The van der Waals surface area contributed by atoms with Gasteiger partial charge in [0, 0.05) is 31.0 Å². The zero-order valence-corrected chi connectivity index (χ0v) is 16.6. The van der Waals surface area contributed by atoms with Gasteiger partial charge in [0.25, 0.3) is 0 Å². The maximum absolute atomic E-state index is 12.1. The molecule has 150 valence electrons. The summed E-state index contributed by atoms with van der Waals surface area (Å²) in [6.45, 7) is 4.86. The van der Waals surface area contributed by atoms with Gasteiger partial charge in [-0.25, -0.2) is 19.7 Å². The first-order valence-electron chi connectivity index (χ1n) is 9.54. The largest absolute Gasteiger partial charge is 0.368 e. The molecule has 2 heterocycles. The molecule has 0 aliphatic heterocycles. The molecule has 0 saturated heterocycles. The Morgan fingerprint density at radius 1 is 0.966 bits per heavy atom. The Morgan fingerprint density at radius 2 is 1.76 bits per heavy atom. The minimum Gasteiger partial charge on any atom is -0.368 e. The van der Waals surface area contributed by atoms with Gasteiger partial charge in [-0.2, -0.15) is 0 Å². The number of amides is 2. The number of para-hydroxylation sites is 1. The van der Waals surface area contributed by atoms with Crippen molar-refractivity contribution < 1.29 is 4.79 Å². The Balaban J connectivity index is 1.48. The third-order valence-electron chi connectivity index (χ3n) is 4.12. The van der Waals surface area contributed by atoms with Crippen molar-refractivity contribution in [3.8, 4) is 0 Å². The van der Waals surface area contributed by atoms with Crippen LogP contribution in [0.5, 0.6) is 0 Å². The molecule has 8 nitrogen and oxygen atoms in total. The first kappa shape index (κ1) is 20.1. The van der Waals surface area contributed by atoms with Crippen LogP contribution in [0.15, 0.2) is 54.7 Å². The summed E-state index contributed by atoms with van der Waals surface area (Å²) in [5.74, 6) is 2.67. The maximum atomic E-state index is 12.1. The Kier molecular flexibility index (Phi) is 6.94. The summed E-state index contributed by atoms with van der Waals surface area (Å²) >= 11 is 0. The number of hydrogen-bond acceptors (Lipinski definition) is 6. The van der Waals surface area contributed by atoms with E-state index in [0.717, 1.165) is 17.7 Å². The van der Waals surface area contributed by atoms with Crippen LogP contribution in [-0.4, -0.2) is 34.1 Å². The number of aromatic nitrogens is 3. The lowest BCUT2D eigenvalue weighted by Gasteiger charge is -2.12. The van der Waals surface area contributed by atoms with Gasteiger partial charge in [0.05, 0.1) is 0 Å². The smallest absolute Gasteiger partial charge is 0.319 e. The van der Waals surface area contributed by atoms with Gasteiger partial charge < -0.3 is 21.3 Å². The number of benzene rings is 1. The molecule has 0 saturated carbocycles. The van der Waals surface area contributed by atoms with Crippen molar-refractivity contribution in [1.29, 1.82) is 0 Å². The van der Waals surface area contributed by atoms with Crippen LogP contribution < -0.4 is 21.3 Å². The topological polar surface area (TPSA) is 104 Å². The van der Waals surface area contributed by atoms with Crippen LogP contribution in [0.25, 0.3) is 0 Å². The monoisotopic (exact) mass is 391 g/mol. The Hall–Kier alpha value is -3.68. The number of nitrogens with zero attached hydrogens (tertiary/aromatic N) is 3. The van der Waals surface area contributed by atoms with E-state index in [1.54, 1.807) is 12.3 Å². The van der Waals surface area contributed by atoms with E-state index in [2.05, 4.69) is 43.1 Å². The first-order valence-corrected chi connectivity index (χ1v) is 9.54. The number of pyridine rings is 1. The minimum absolute atomic E-state index is 0.232. The second-order valence-corrected chi connectivity index (χ2v) is 6.34. The normalized spacial score (nSPS) is 10.3. The van der Waals surface area contributed by atoms with E-state index in [-0.39, 0.29) is 6.03 Å². The SMILES string of the molecule is CCc1ccccc1NC(=O)NCCNc1cc(Nc2ccccn2)nc(C)n1. The summed E-state index contributed by atoms with van der Waals surface area (Å²) in [5.41, 5.74) is 1.93. The summed E-state index contributed by atoms with van der Waals surface area (Å²) in [6.07, 6.45) is 2.57. The molecule has 0 unspecified atom stereocenters. The van der Waals surface area contributed by atoms with Gasteiger partial charge in [0.2, 0.25) is 0 Å². The highest BCUT2D eigenvalue weighted by Crippen LogP contribution is 2.16. The fraction of sp³-hybridized carbons (Fsp3) is 0.238. The van der Waals surface area contributed by atoms with Crippen LogP contribution >= 0.6 is 0 Å². The fourth-order valence-corrected chi connectivity index (χ4v) is 2.77. The first-order chi connectivity index (χ1) is 14.1. The number of urea groups is 1. The Bertz CT molecular complexity index is 947. The molecule has 1 aromatic carbocycles. The highest BCUT2D eigenvalue weighted by atomic mass is 16.2. The van der Waals surface area contributed by atoms with Crippen LogP contribution in [0.4, 0.5) is 27.9 Å². The van der Waals surface area contributed by atoms with Gasteiger partial charge >= 0.3 is 6.03 Å². The lowest BCUT2D eigenvalue weighted by atomic mass is 10.1. The molecule has 2 amide bonds. The van der Waals surface area contributed by atoms with E-state index < -0.39 is 0 Å². The number of nitrogens with one attached hydrogen (secondary N) is 4. The molecule has 3 rings (SSSR count). The van der Waals surface area contributed by atoms with Crippen LogP contribution in [0, 0.1) is 6.92 Å². The predicted octanol–water partition coefficient (Wildman–Crippen LogP) is 3.72. The van der Waals surface area contributed by atoms with Crippen molar-refractivity contribution in [1.82, 2.24) is 20.3 Å². The van der Waals surface area contributed by atoms with Gasteiger partial charge in [-0.3, -0.25) is 0 Å². The van der Waals surface area contributed by atoms with E-state index in [4.69, 9.17) is 0 Å². The molecule has 3 aromatic rings. The van der Waals surface area contributed by atoms with E-state index in [0.29, 0.717) is 36.4 Å². The van der Waals surface area contributed by atoms with E-state index >= 15 is 0 Å². The number of hydrogen-bond donors (Lipinski definition) is 4. The van der Waals surface area contributed by atoms with Crippen molar-refractivity contribution >= 4 is 29.2 Å². The molecule has 0 radical (unpaired) electrons. The average Bonchev–Trinajstić information content (AvgIpc) is 2.72. The third kappa shape index (κ3) is 6.17. The predicted molar refractivity (Wildman–Crippen MR) is 116 cm³/mol. The molecule has 2 aromatic heterocycles. The van der Waals surface area contributed by atoms with Gasteiger partial charge in [-0.15, -0.1) is 0 Å². The van der Waals surface area contributed by atoms with E-state index in [1.807, 2.05) is 49.4 Å². The average molecular weight is 391 g/mol. The molecule has 0 aliphatic rings. The van der Waals surface area contributed by atoms with Crippen LogP contribution in [0.3, 0.4) is 0 Å². The molecular formula is C21H25N7O. The van der Waals surface area contributed by atoms with Crippen molar-refractivity contribution in [2.24, 2.45) is 0 Å². The molecule has 0 spiro atoms. The highest BCUT2D eigenvalue weighted by Gasteiger charge is 2.06. The second-order valence-electron chi connectivity index (χ2n) is 6.34. The standard InChI is InChI=1S/C21H25N7O/c1-3-16-8-4-5-9-17(16)27-21(29)24-13-12-23-19-14-20(26-15(2)25-19)28-18-10-6-7-11-22-18/h4-11,14H,3,12-13H2,1-2H3,(H2,24,27,29)(H2,22,23,25,26,28). The summed E-state index contributed by atoms with van der Waals surface area (Å²) in [5, 5.41) is 12.1. The number of rotatable bonds is 8. The zero-order chi connectivity index (χ0) is 20.5. The van der Waals surface area contributed by atoms with Crippen molar-refractivity contribution in [2.75, 3.05) is 29.0 Å². The van der Waals surface area contributed by atoms with Gasteiger partial charge in [-0.1, -0.05) is 31.2 Å². The molecule has 4 N–H and O–H groups in total. The van der Waals surface area contributed by atoms with Crippen LogP contribution in [0.2, 0.25) is 0 Å². The summed E-state index contributed by atoms with van der Waals surface area (Å²) < 4.78 is 0. The molecule has 0 fully saturated rings. The summed E-state index contributed by atoms with van der Waals surface area (Å²) in [6, 6.07) is 15.0. The minimum atomic E-state index is -0.232. The zero-order valence-electron chi connectivity index (χ0n) is 16.6. The van der Waals surface area contributed by atoms with Crippen LogP contribution in [-0.2, 0) is 6.42 Å². The van der Waals surface area contributed by atoms with E-state index in [9.17, 15) is 4.79 Å². The maximum Gasteiger partial charge on any atom is 0.319 e. The molecule has 0 atom stereocenters. The summed E-state index contributed by atoms with van der Waals surface area (Å²) in [4.78, 5) is 25.1. The van der Waals surface area contributed by atoms with Crippen molar-refractivity contribution in [3.05, 3.63) is 66.1 Å². The van der Waals surface area contributed by atoms with E-state index in [1.165, 1.54) is 0 Å². The number of carbonyl (C=O) groups is 1. The Labute approximate surface area is 170 Å². The van der Waals surface area contributed by atoms with Gasteiger partial charge in [0.15, 0.2) is 0 Å². The quantitative estimate of drug-likeness (QED) is 0.436. The lowest BCUT2D eigenvalue weighted by molar-refractivity contribution is 0.252. The molecule has 29 heavy (non-hydrogen) atoms. The molecule has 8 heteroatoms. The lowest BCUT2D eigenvalue weighted by Crippen LogP contribution is -2.33. The summed E-state index contributed by atoms with van der Waals surface area (Å²) in [7, 11) is 0. The molecule has 0 bridgehead atoms. The van der Waals surface area contributed by atoms with Gasteiger partial charge in [-0.05, 0) is 37.1 Å². The van der Waals surface area contributed by atoms with Gasteiger partial charge in [0.1, 0.15) is 23.3 Å². The van der Waals surface area contributed by atoms with Crippen molar-refractivity contribution in [3.63, 3.8) is 0 Å². The number of anilines is 4. The fourth-order valence-electron chi connectivity index (χ4n) is 2.77. The van der Waals surface area contributed by atoms with Crippen molar-refractivity contribution in [2.45, 2.75) is 20.3 Å². The molecule has 0 aliphatic carbocycles. The number of carbonyl (C=O) groups excluding carboxylic acids is 1. The highest BCUT2D eigenvalue weighted by molar-refractivity contribution is 5.90. The number of aryl methyl sites for hydroxylation is 2. The molecular weight excluding hydrogens is 366 g/mol.